The van der Waals surface area contributed by atoms with Gasteiger partial charge < -0.3 is 14.3 Å². The van der Waals surface area contributed by atoms with Gasteiger partial charge in [0.05, 0.1) is 6.10 Å². The van der Waals surface area contributed by atoms with Crippen LogP contribution < -0.4 is 0 Å². The van der Waals surface area contributed by atoms with Gasteiger partial charge in [-0.25, -0.2) is 0 Å². The molecule has 2 saturated carbocycles. The van der Waals surface area contributed by atoms with Crippen LogP contribution in [0.2, 0.25) is 0 Å². The van der Waals surface area contributed by atoms with E-state index in [0.29, 0.717) is 24.7 Å². The number of fused-ring (bicyclic) bond motifs is 1. The maximum atomic E-state index is 11.1. The highest BCUT2D eigenvalue weighted by Crippen LogP contribution is 2.57. The van der Waals surface area contributed by atoms with Crippen LogP contribution >= 0.6 is 0 Å². The maximum Gasteiger partial charge on any atom is 0.146 e. The Morgan fingerprint density at radius 3 is 2.83 bits per heavy atom. The van der Waals surface area contributed by atoms with Crippen molar-refractivity contribution < 1.29 is 14.3 Å². The number of carbonyl (C=O) groups is 1. The Morgan fingerprint density at radius 1 is 1.39 bits per heavy atom. The summed E-state index contributed by atoms with van der Waals surface area (Å²) in [7, 11) is 1.67. The highest BCUT2D eigenvalue weighted by atomic mass is 16.7. The van der Waals surface area contributed by atoms with Gasteiger partial charge in [0.25, 0.3) is 0 Å². The second-order valence-electron chi connectivity index (χ2n) is 6.30. The molecule has 2 fully saturated rings. The van der Waals surface area contributed by atoms with Crippen molar-refractivity contribution >= 4 is 6.29 Å². The van der Waals surface area contributed by atoms with Gasteiger partial charge in [-0.2, -0.15) is 0 Å². The van der Waals surface area contributed by atoms with Gasteiger partial charge in [0.2, 0.25) is 0 Å². The third kappa shape index (κ3) is 2.35. The summed E-state index contributed by atoms with van der Waals surface area (Å²) in [6.07, 6.45) is 7.44. The van der Waals surface area contributed by atoms with E-state index in [9.17, 15) is 4.79 Å². The molecule has 18 heavy (non-hydrogen) atoms. The largest absolute Gasteiger partial charge is 0.359 e. The Bertz CT molecular complexity index is 291. The molecule has 0 spiro atoms. The van der Waals surface area contributed by atoms with Gasteiger partial charge in [-0.1, -0.05) is 20.3 Å². The molecule has 0 bridgehead atoms. The summed E-state index contributed by atoms with van der Waals surface area (Å²) >= 11 is 0. The molecule has 0 aromatic heterocycles. The van der Waals surface area contributed by atoms with Gasteiger partial charge >= 0.3 is 0 Å². The fourth-order valence-electron chi connectivity index (χ4n) is 4.47. The smallest absolute Gasteiger partial charge is 0.146 e. The molecule has 0 aromatic carbocycles. The second kappa shape index (κ2) is 5.70. The summed E-state index contributed by atoms with van der Waals surface area (Å²) in [6, 6.07) is 0. The molecular weight excluding hydrogens is 228 g/mol. The van der Waals surface area contributed by atoms with Crippen LogP contribution in [0.15, 0.2) is 0 Å². The van der Waals surface area contributed by atoms with E-state index in [1.807, 2.05) is 0 Å². The topological polar surface area (TPSA) is 35.5 Å². The van der Waals surface area contributed by atoms with Crippen LogP contribution in [0.4, 0.5) is 0 Å². The zero-order chi connectivity index (χ0) is 13.2. The van der Waals surface area contributed by atoms with Crippen LogP contribution in [0.25, 0.3) is 0 Å². The van der Waals surface area contributed by atoms with E-state index >= 15 is 0 Å². The molecule has 1 unspecified atom stereocenters. The zero-order valence-corrected chi connectivity index (χ0v) is 11.9. The van der Waals surface area contributed by atoms with E-state index in [1.54, 1.807) is 7.11 Å². The number of hydrogen-bond donors (Lipinski definition) is 0. The van der Waals surface area contributed by atoms with Gasteiger partial charge in [-0.15, -0.1) is 0 Å². The van der Waals surface area contributed by atoms with Crippen LogP contribution in [-0.4, -0.2) is 26.3 Å². The Labute approximate surface area is 110 Å². The second-order valence-corrected chi connectivity index (χ2v) is 6.30. The molecule has 2 aliphatic carbocycles. The summed E-state index contributed by atoms with van der Waals surface area (Å²) in [5, 5.41) is 0. The van der Waals surface area contributed by atoms with Crippen LogP contribution in [0.5, 0.6) is 0 Å². The predicted octanol–water partition coefficient (Wildman–Crippen LogP) is 3.03. The first-order valence-corrected chi connectivity index (χ1v) is 7.19. The number of hydrogen-bond acceptors (Lipinski definition) is 3. The van der Waals surface area contributed by atoms with E-state index < -0.39 is 0 Å². The molecule has 2 rings (SSSR count). The maximum absolute atomic E-state index is 11.1. The van der Waals surface area contributed by atoms with E-state index in [1.165, 1.54) is 25.7 Å². The summed E-state index contributed by atoms with van der Waals surface area (Å²) in [5.41, 5.74) is 0.289. The standard InChI is InChI=1S/C15H26O3/c1-11(9-16)12-6-7-13-14(18-10-17-3)5-4-8-15(12,13)2/h9,11-14H,4-8,10H2,1-3H3/t11?,12-,13+,14+,15-/m1/s1. The first-order valence-electron chi connectivity index (χ1n) is 7.19. The number of methoxy groups -OCH3 is 1. The first-order chi connectivity index (χ1) is 8.63. The summed E-state index contributed by atoms with van der Waals surface area (Å²) < 4.78 is 10.9. The van der Waals surface area contributed by atoms with E-state index in [0.717, 1.165) is 12.7 Å². The highest BCUT2D eigenvalue weighted by molar-refractivity contribution is 5.53. The number of rotatable bonds is 5. The molecule has 2 aliphatic rings. The molecule has 3 heteroatoms. The SMILES string of the molecule is COCO[C@H]1CCC[C@]2(C)[C@@H](C(C)C=O)CC[C@@H]12. The Hall–Kier alpha value is -0.410. The minimum atomic E-state index is 0.182. The fraction of sp³-hybridized carbons (Fsp3) is 0.933. The monoisotopic (exact) mass is 254 g/mol. The average molecular weight is 254 g/mol. The molecule has 0 saturated heterocycles. The highest BCUT2D eigenvalue weighted by Gasteiger charge is 2.52. The molecule has 0 aromatic rings. The van der Waals surface area contributed by atoms with E-state index in [2.05, 4.69) is 13.8 Å². The lowest BCUT2D eigenvalue weighted by Gasteiger charge is -2.45. The lowest BCUT2D eigenvalue weighted by atomic mass is 9.62. The van der Waals surface area contributed by atoms with Crippen molar-refractivity contribution in [2.45, 2.75) is 52.1 Å². The Morgan fingerprint density at radius 2 is 2.17 bits per heavy atom. The van der Waals surface area contributed by atoms with Gasteiger partial charge in [0, 0.05) is 13.0 Å². The molecule has 0 heterocycles. The summed E-state index contributed by atoms with van der Waals surface area (Å²) in [4.78, 5) is 11.1. The average Bonchev–Trinajstić information content (AvgIpc) is 2.73. The van der Waals surface area contributed by atoms with Crippen molar-refractivity contribution in [3.05, 3.63) is 0 Å². The van der Waals surface area contributed by atoms with Gasteiger partial charge in [-0.05, 0) is 42.9 Å². The van der Waals surface area contributed by atoms with Crippen molar-refractivity contribution in [1.82, 2.24) is 0 Å². The zero-order valence-electron chi connectivity index (χ0n) is 11.9. The van der Waals surface area contributed by atoms with E-state index in [-0.39, 0.29) is 11.3 Å². The predicted molar refractivity (Wildman–Crippen MR) is 70.1 cm³/mol. The minimum Gasteiger partial charge on any atom is -0.359 e. The molecular formula is C15H26O3. The number of ether oxygens (including phenoxy) is 2. The number of aldehydes is 1. The molecule has 5 atom stereocenters. The first kappa shape index (κ1) is 14.0. The normalized spacial score (nSPS) is 41.4. The molecule has 104 valence electrons. The van der Waals surface area contributed by atoms with Crippen molar-refractivity contribution in [3.63, 3.8) is 0 Å². The fourth-order valence-corrected chi connectivity index (χ4v) is 4.47. The molecule has 0 radical (unpaired) electrons. The van der Waals surface area contributed by atoms with Crippen LogP contribution in [-0.2, 0) is 14.3 Å². The van der Waals surface area contributed by atoms with Crippen LogP contribution in [0, 0.1) is 23.2 Å². The van der Waals surface area contributed by atoms with Crippen LogP contribution in [0.1, 0.15) is 46.0 Å². The molecule has 3 nitrogen and oxygen atoms in total. The van der Waals surface area contributed by atoms with Gasteiger partial charge in [0.1, 0.15) is 13.1 Å². The minimum absolute atomic E-state index is 0.182. The van der Waals surface area contributed by atoms with Crippen molar-refractivity contribution in [3.8, 4) is 0 Å². The Balaban J connectivity index is 2.10. The van der Waals surface area contributed by atoms with Crippen molar-refractivity contribution in [1.29, 1.82) is 0 Å². The lowest BCUT2D eigenvalue weighted by Crippen LogP contribution is -2.43. The van der Waals surface area contributed by atoms with Crippen LogP contribution in [0.3, 0.4) is 0 Å². The third-order valence-corrected chi connectivity index (χ3v) is 5.38. The third-order valence-electron chi connectivity index (χ3n) is 5.38. The van der Waals surface area contributed by atoms with Gasteiger partial charge in [-0.3, -0.25) is 0 Å². The summed E-state index contributed by atoms with van der Waals surface area (Å²) in [5.74, 6) is 1.32. The lowest BCUT2D eigenvalue weighted by molar-refractivity contribution is -0.132. The summed E-state index contributed by atoms with van der Waals surface area (Å²) in [6.45, 7) is 4.84. The van der Waals surface area contributed by atoms with Gasteiger partial charge in [0.15, 0.2) is 0 Å². The van der Waals surface area contributed by atoms with E-state index in [4.69, 9.17) is 9.47 Å². The quantitative estimate of drug-likeness (QED) is 0.559. The van der Waals surface area contributed by atoms with Crippen molar-refractivity contribution in [2.24, 2.45) is 23.2 Å². The Kier molecular flexibility index (Phi) is 4.44. The number of carbonyl (C=O) groups excluding carboxylic acids is 1. The van der Waals surface area contributed by atoms with Crippen molar-refractivity contribution in [2.75, 3.05) is 13.9 Å². The molecule has 0 amide bonds. The molecule has 0 aliphatic heterocycles. The molecule has 0 N–H and O–H groups in total.